The summed E-state index contributed by atoms with van der Waals surface area (Å²) < 4.78 is 0. The van der Waals surface area contributed by atoms with Crippen LogP contribution in [0.5, 0.6) is 0 Å². The van der Waals surface area contributed by atoms with Crippen LogP contribution < -0.4 is 0 Å². The average molecular weight is 338 g/mol. The first kappa shape index (κ1) is 17.5. The summed E-state index contributed by atoms with van der Waals surface area (Å²) in [6.07, 6.45) is 7.52. The molecule has 132 valence electrons. The van der Waals surface area contributed by atoms with Gasteiger partial charge in [0, 0.05) is 48.6 Å². The highest BCUT2D eigenvalue weighted by atomic mass is 16.2. The SMILES string of the molecule is Cc1ncc(-c2ccncc2)c(C2CCCN(C(=O)C(C)(C)C)C2)n1. The smallest absolute Gasteiger partial charge is 0.227 e. The Morgan fingerprint density at radius 1 is 1.24 bits per heavy atom. The van der Waals surface area contributed by atoms with Crippen molar-refractivity contribution >= 4 is 5.91 Å². The second kappa shape index (κ2) is 6.90. The summed E-state index contributed by atoms with van der Waals surface area (Å²) in [5, 5.41) is 0. The fourth-order valence-electron chi connectivity index (χ4n) is 3.41. The lowest BCUT2D eigenvalue weighted by Gasteiger charge is -2.36. The zero-order chi connectivity index (χ0) is 18.0. The first-order valence-electron chi connectivity index (χ1n) is 8.89. The van der Waals surface area contributed by atoms with Gasteiger partial charge in [0.1, 0.15) is 5.82 Å². The summed E-state index contributed by atoms with van der Waals surface area (Å²) in [6, 6.07) is 3.97. The van der Waals surface area contributed by atoms with Crippen LogP contribution in [0, 0.1) is 12.3 Å². The van der Waals surface area contributed by atoms with E-state index in [1.54, 1.807) is 12.4 Å². The Kier molecular flexibility index (Phi) is 4.84. The Hall–Kier alpha value is -2.30. The number of likely N-dealkylation sites (tertiary alicyclic amines) is 1. The molecular weight excluding hydrogens is 312 g/mol. The molecule has 2 aromatic rings. The number of hydrogen-bond donors (Lipinski definition) is 0. The summed E-state index contributed by atoms with van der Waals surface area (Å²) >= 11 is 0. The lowest BCUT2D eigenvalue weighted by atomic mass is 9.87. The van der Waals surface area contributed by atoms with Crippen molar-refractivity contribution in [3.8, 4) is 11.1 Å². The van der Waals surface area contributed by atoms with Gasteiger partial charge in [0.05, 0.1) is 5.69 Å². The van der Waals surface area contributed by atoms with Gasteiger partial charge in [0.2, 0.25) is 5.91 Å². The molecule has 1 aliphatic heterocycles. The zero-order valence-electron chi connectivity index (χ0n) is 15.5. The Bertz CT molecular complexity index is 752. The van der Waals surface area contributed by atoms with Crippen LogP contribution in [0.4, 0.5) is 0 Å². The minimum atomic E-state index is -0.350. The molecular formula is C20H26N4O. The van der Waals surface area contributed by atoms with Gasteiger partial charge in [-0.05, 0) is 37.5 Å². The lowest BCUT2D eigenvalue weighted by Crippen LogP contribution is -2.44. The van der Waals surface area contributed by atoms with Crippen molar-refractivity contribution in [3.63, 3.8) is 0 Å². The minimum absolute atomic E-state index is 0.216. The van der Waals surface area contributed by atoms with E-state index in [9.17, 15) is 4.79 Å². The number of carbonyl (C=O) groups excluding carboxylic acids is 1. The molecule has 3 heterocycles. The van der Waals surface area contributed by atoms with Crippen molar-refractivity contribution < 1.29 is 4.79 Å². The predicted molar refractivity (Wildman–Crippen MR) is 98.0 cm³/mol. The van der Waals surface area contributed by atoms with Crippen molar-refractivity contribution in [1.29, 1.82) is 0 Å². The Morgan fingerprint density at radius 2 is 1.96 bits per heavy atom. The van der Waals surface area contributed by atoms with Gasteiger partial charge in [0.25, 0.3) is 0 Å². The van der Waals surface area contributed by atoms with Gasteiger partial charge in [-0.2, -0.15) is 0 Å². The van der Waals surface area contributed by atoms with E-state index in [0.717, 1.165) is 48.6 Å². The largest absolute Gasteiger partial charge is 0.342 e. The van der Waals surface area contributed by atoms with Crippen molar-refractivity contribution in [2.24, 2.45) is 5.41 Å². The van der Waals surface area contributed by atoms with Gasteiger partial charge in [-0.1, -0.05) is 20.8 Å². The van der Waals surface area contributed by atoms with Crippen molar-refractivity contribution in [2.75, 3.05) is 13.1 Å². The highest BCUT2D eigenvalue weighted by Crippen LogP contribution is 2.34. The molecule has 1 fully saturated rings. The molecule has 0 bridgehead atoms. The van der Waals surface area contributed by atoms with Crippen LogP contribution in [0.2, 0.25) is 0 Å². The van der Waals surface area contributed by atoms with Crippen LogP contribution in [0.1, 0.15) is 51.0 Å². The molecule has 1 aliphatic rings. The van der Waals surface area contributed by atoms with Crippen LogP contribution >= 0.6 is 0 Å². The van der Waals surface area contributed by atoms with Crippen LogP contribution in [-0.2, 0) is 4.79 Å². The summed E-state index contributed by atoms with van der Waals surface area (Å²) in [5.41, 5.74) is 2.81. The fourth-order valence-corrected chi connectivity index (χ4v) is 3.41. The molecule has 2 aromatic heterocycles. The number of carbonyl (C=O) groups is 1. The average Bonchev–Trinajstić information content (AvgIpc) is 2.61. The molecule has 1 unspecified atom stereocenters. The van der Waals surface area contributed by atoms with Gasteiger partial charge in [-0.15, -0.1) is 0 Å². The molecule has 3 rings (SSSR count). The molecule has 0 aromatic carbocycles. The van der Waals surface area contributed by atoms with Crippen molar-refractivity contribution in [2.45, 2.75) is 46.5 Å². The Morgan fingerprint density at radius 3 is 2.64 bits per heavy atom. The summed E-state index contributed by atoms with van der Waals surface area (Å²) in [5.74, 6) is 1.23. The molecule has 0 spiro atoms. The number of rotatable bonds is 2. The fraction of sp³-hybridized carbons (Fsp3) is 0.500. The summed E-state index contributed by atoms with van der Waals surface area (Å²) in [6.45, 7) is 9.43. The minimum Gasteiger partial charge on any atom is -0.342 e. The van der Waals surface area contributed by atoms with Crippen LogP contribution in [0.3, 0.4) is 0 Å². The number of hydrogen-bond acceptors (Lipinski definition) is 4. The van der Waals surface area contributed by atoms with E-state index in [0.29, 0.717) is 0 Å². The monoisotopic (exact) mass is 338 g/mol. The van der Waals surface area contributed by atoms with Gasteiger partial charge in [-0.3, -0.25) is 9.78 Å². The van der Waals surface area contributed by atoms with E-state index in [1.807, 2.05) is 50.9 Å². The maximum absolute atomic E-state index is 12.7. The molecule has 1 saturated heterocycles. The van der Waals surface area contributed by atoms with E-state index >= 15 is 0 Å². The second-order valence-electron chi connectivity index (χ2n) is 7.79. The maximum Gasteiger partial charge on any atom is 0.227 e. The zero-order valence-corrected chi connectivity index (χ0v) is 15.5. The van der Waals surface area contributed by atoms with E-state index in [-0.39, 0.29) is 17.2 Å². The van der Waals surface area contributed by atoms with Crippen LogP contribution in [0.15, 0.2) is 30.7 Å². The number of aromatic nitrogens is 3. The van der Waals surface area contributed by atoms with Crippen LogP contribution in [0.25, 0.3) is 11.1 Å². The van der Waals surface area contributed by atoms with E-state index in [1.165, 1.54) is 0 Å². The molecule has 25 heavy (non-hydrogen) atoms. The third kappa shape index (κ3) is 3.86. The number of nitrogens with zero attached hydrogens (tertiary/aromatic N) is 4. The molecule has 1 amide bonds. The third-order valence-electron chi connectivity index (χ3n) is 4.67. The first-order chi connectivity index (χ1) is 11.9. The highest BCUT2D eigenvalue weighted by molar-refractivity contribution is 5.81. The highest BCUT2D eigenvalue weighted by Gasteiger charge is 2.32. The van der Waals surface area contributed by atoms with Crippen molar-refractivity contribution in [3.05, 3.63) is 42.2 Å². The van der Waals surface area contributed by atoms with E-state index in [2.05, 4.69) is 9.97 Å². The number of piperidine rings is 1. The van der Waals surface area contributed by atoms with Gasteiger partial charge >= 0.3 is 0 Å². The molecule has 0 N–H and O–H groups in total. The quantitative estimate of drug-likeness (QED) is 0.839. The first-order valence-corrected chi connectivity index (χ1v) is 8.89. The van der Waals surface area contributed by atoms with Crippen LogP contribution in [-0.4, -0.2) is 38.8 Å². The predicted octanol–water partition coefficient (Wildman–Crippen LogP) is 3.60. The molecule has 5 heteroatoms. The Balaban J connectivity index is 1.93. The number of amides is 1. The van der Waals surface area contributed by atoms with E-state index in [4.69, 9.17) is 4.98 Å². The summed E-state index contributed by atoms with van der Waals surface area (Å²) in [4.78, 5) is 28.0. The summed E-state index contributed by atoms with van der Waals surface area (Å²) in [7, 11) is 0. The maximum atomic E-state index is 12.7. The third-order valence-corrected chi connectivity index (χ3v) is 4.67. The number of pyridine rings is 1. The normalized spacial score (nSPS) is 18.2. The van der Waals surface area contributed by atoms with Gasteiger partial charge in [-0.25, -0.2) is 9.97 Å². The molecule has 0 aliphatic carbocycles. The topological polar surface area (TPSA) is 59.0 Å². The van der Waals surface area contributed by atoms with E-state index < -0.39 is 0 Å². The molecule has 5 nitrogen and oxygen atoms in total. The Labute approximate surface area is 149 Å². The lowest BCUT2D eigenvalue weighted by molar-refractivity contribution is -0.140. The molecule has 0 saturated carbocycles. The second-order valence-corrected chi connectivity index (χ2v) is 7.79. The molecule has 1 atom stereocenters. The molecule has 0 radical (unpaired) electrons. The van der Waals surface area contributed by atoms with Crippen molar-refractivity contribution in [1.82, 2.24) is 19.9 Å². The number of aryl methyl sites for hydroxylation is 1. The van der Waals surface area contributed by atoms with Gasteiger partial charge in [0.15, 0.2) is 0 Å². The van der Waals surface area contributed by atoms with Gasteiger partial charge < -0.3 is 4.90 Å². The standard InChI is InChI=1S/C20H26N4O/c1-14-22-12-17(15-7-9-21-10-8-15)18(23-14)16-6-5-11-24(13-16)19(25)20(2,3)4/h7-10,12,16H,5-6,11,13H2,1-4H3.